The number of rotatable bonds is 1. The summed E-state index contributed by atoms with van der Waals surface area (Å²) in [7, 11) is 0. The zero-order chi connectivity index (χ0) is 4.41. The molecule has 0 radical (unpaired) electrons. The van der Waals surface area contributed by atoms with Crippen molar-refractivity contribution in [2.75, 3.05) is 12.5 Å². The zero-order valence-electron chi connectivity index (χ0n) is 3.28. The van der Waals surface area contributed by atoms with Gasteiger partial charge in [-0.15, -0.1) is 11.6 Å². The Morgan fingerprint density at radius 2 is 2.67 bits per heavy atom. The molecule has 0 spiro atoms. The molecule has 0 aromatic heterocycles. The molecule has 3 heteroatoms. The van der Waals surface area contributed by atoms with Crippen molar-refractivity contribution in [2.45, 2.75) is 6.04 Å². The molecule has 2 nitrogen and oxygen atoms in total. The summed E-state index contributed by atoms with van der Waals surface area (Å²) in [6.45, 7) is 0.767. The molecule has 1 fully saturated rings. The second kappa shape index (κ2) is 1.78. The van der Waals surface area contributed by atoms with Crippen LogP contribution in [0.5, 0.6) is 0 Å². The Bertz CT molecular complexity index is 43.3. The maximum absolute atomic E-state index is 5.36. The monoisotopic (exact) mass is 107 g/mol. The molecular weight excluding hydrogens is 101 g/mol. The number of hydrogen-bond acceptors (Lipinski definition) is 2. The van der Waals surface area contributed by atoms with Gasteiger partial charge >= 0.3 is 0 Å². The van der Waals surface area contributed by atoms with Crippen LogP contribution in [-0.2, 0) is 4.84 Å². The summed E-state index contributed by atoms with van der Waals surface area (Å²) in [6.07, 6.45) is 0. The van der Waals surface area contributed by atoms with E-state index in [1.807, 2.05) is 0 Å². The van der Waals surface area contributed by atoms with Crippen LogP contribution in [-0.4, -0.2) is 18.5 Å². The second-order valence-electron chi connectivity index (χ2n) is 1.28. The lowest BCUT2D eigenvalue weighted by Gasteiger charge is -2.24. The first-order valence-electron chi connectivity index (χ1n) is 1.87. The second-order valence-corrected chi connectivity index (χ2v) is 1.59. The van der Waals surface area contributed by atoms with Gasteiger partial charge in [0, 0.05) is 5.88 Å². The first kappa shape index (κ1) is 4.37. The highest BCUT2D eigenvalue weighted by Crippen LogP contribution is 1.96. The van der Waals surface area contributed by atoms with Crippen molar-refractivity contribution in [3.63, 3.8) is 0 Å². The van der Waals surface area contributed by atoms with Gasteiger partial charge in [0.1, 0.15) is 0 Å². The van der Waals surface area contributed by atoms with Gasteiger partial charge in [0.2, 0.25) is 0 Å². The molecule has 1 aliphatic heterocycles. The quantitative estimate of drug-likeness (QED) is 0.481. The average Bonchev–Trinajstić information content (AvgIpc) is 1.31. The Morgan fingerprint density at radius 3 is 2.67 bits per heavy atom. The van der Waals surface area contributed by atoms with Crippen LogP contribution < -0.4 is 5.48 Å². The lowest BCUT2D eigenvalue weighted by Crippen LogP contribution is -2.47. The van der Waals surface area contributed by atoms with E-state index in [0.29, 0.717) is 11.9 Å². The largest absolute Gasteiger partial charge is 0.300 e. The van der Waals surface area contributed by atoms with Gasteiger partial charge in [-0.3, -0.25) is 4.84 Å². The third-order valence-electron chi connectivity index (χ3n) is 0.721. The van der Waals surface area contributed by atoms with Crippen molar-refractivity contribution in [1.82, 2.24) is 5.48 Å². The molecule has 1 heterocycles. The van der Waals surface area contributed by atoms with E-state index >= 15 is 0 Å². The molecule has 1 rings (SSSR count). The van der Waals surface area contributed by atoms with E-state index in [-0.39, 0.29) is 0 Å². The van der Waals surface area contributed by atoms with Gasteiger partial charge in [-0.05, 0) is 0 Å². The SMILES string of the molecule is ClCC1CON1. The molecule has 1 saturated heterocycles. The molecule has 0 amide bonds. The van der Waals surface area contributed by atoms with Crippen LogP contribution in [0, 0.1) is 0 Å². The summed E-state index contributed by atoms with van der Waals surface area (Å²) >= 11 is 5.36. The lowest BCUT2D eigenvalue weighted by atomic mass is 10.4. The highest BCUT2D eigenvalue weighted by molar-refractivity contribution is 6.18. The van der Waals surface area contributed by atoms with Crippen molar-refractivity contribution in [3.8, 4) is 0 Å². The molecule has 36 valence electrons. The number of nitrogens with one attached hydrogen (secondary N) is 1. The summed E-state index contributed by atoms with van der Waals surface area (Å²) in [5.41, 5.74) is 2.66. The van der Waals surface area contributed by atoms with Gasteiger partial charge in [0.25, 0.3) is 0 Å². The van der Waals surface area contributed by atoms with Crippen LogP contribution in [0.15, 0.2) is 0 Å². The molecule has 1 aliphatic rings. The summed E-state index contributed by atoms with van der Waals surface area (Å²) in [6, 6.07) is 0.409. The van der Waals surface area contributed by atoms with E-state index in [4.69, 9.17) is 11.6 Å². The number of halogens is 1. The van der Waals surface area contributed by atoms with Gasteiger partial charge in [0.15, 0.2) is 0 Å². The molecule has 0 aromatic rings. The Balaban J connectivity index is 2.01. The maximum atomic E-state index is 5.36. The Hall–Kier alpha value is 0.210. The Labute approximate surface area is 41.4 Å². The predicted molar refractivity (Wildman–Crippen MR) is 23.6 cm³/mol. The summed E-state index contributed by atoms with van der Waals surface area (Å²) in [4.78, 5) is 4.59. The molecule has 0 saturated carbocycles. The zero-order valence-corrected chi connectivity index (χ0v) is 4.03. The van der Waals surface area contributed by atoms with Crippen molar-refractivity contribution in [3.05, 3.63) is 0 Å². The van der Waals surface area contributed by atoms with Crippen molar-refractivity contribution < 1.29 is 4.84 Å². The standard InChI is InChI=1S/C3H6ClNO/c4-1-3-2-6-5-3/h3,5H,1-2H2. The fourth-order valence-corrected chi connectivity index (χ4v) is 0.429. The third-order valence-corrected chi connectivity index (χ3v) is 1.09. The van der Waals surface area contributed by atoms with Gasteiger partial charge in [-0.25, -0.2) is 0 Å². The smallest absolute Gasteiger partial charge is 0.0870 e. The maximum Gasteiger partial charge on any atom is 0.0870 e. The highest BCUT2D eigenvalue weighted by Gasteiger charge is 2.14. The lowest BCUT2D eigenvalue weighted by molar-refractivity contribution is -0.0889. The van der Waals surface area contributed by atoms with Crippen LogP contribution in [0.25, 0.3) is 0 Å². The summed E-state index contributed by atoms with van der Waals surface area (Å²) in [5.74, 6) is 0.653. The van der Waals surface area contributed by atoms with Crippen LogP contribution in [0.1, 0.15) is 0 Å². The molecule has 0 aromatic carbocycles. The summed E-state index contributed by atoms with van der Waals surface area (Å²) < 4.78 is 0. The van der Waals surface area contributed by atoms with E-state index in [0.717, 1.165) is 6.61 Å². The molecule has 0 aliphatic carbocycles. The van der Waals surface area contributed by atoms with Gasteiger partial charge in [-0.2, -0.15) is 5.48 Å². The van der Waals surface area contributed by atoms with E-state index in [9.17, 15) is 0 Å². The van der Waals surface area contributed by atoms with Gasteiger partial charge < -0.3 is 0 Å². The topological polar surface area (TPSA) is 21.3 Å². The number of alkyl halides is 1. The number of hydroxylamine groups is 1. The van der Waals surface area contributed by atoms with Crippen LogP contribution >= 0.6 is 11.6 Å². The Kier molecular flexibility index (Phi) is 1.29. The molecular formula is C3H6ClNO. The van der Waals surface area contributed by atoms with Gasteiger partial charge in [0.05, 0.1) is 12.6 Å². The third kappa shape index (κ3) is 0.644. The van der Waals surface area contributed by atoms with Crippen LogP contribution in [0.3, 0.4) is 0 Å². The molecule has 6 heavy (non-hydrogen) atoms. The first-order valence-corrected chi connectivity index (χ1v) is 2.40. The summed E-state index contributed by atoms with van der Waals surface area (Å²) in [5, 5.41) is 0. The molecule has 1 atom stereocenters. The fourth-order valence-electron chi connectivity index (χ4n) is 0.277. The van der Waals surface area contributed by atoms with Crippen molar-refractivity contribution in [1.29, 1.82) is 0 Å². The molecule has 1 unspecified atom stereocenters. The van der Waals surface area contributed by atoms with E-state index in [2.05, 4.69) is 10.3 Å². The minimum atomic E-state index is 0.409. The predicted octanol–water partition coefficient (Wildman–Crippen LogP) is 0.129. The Morgan fingerprint density at radius 1 is 2.00 bits per heavy atom. The highest BCUT2D eigenvalue weighted by atomic mass is 35.5. The first-order chi connectivity index (χ1) is 2.93. The molecule has 0 bridgehead atoms. The van der Waals surface area contributed by atoms with E-state index < -0.39 is 0 Å². The van der Waals surface area contributed by atoms with Crippen molar-refractivity contribution >= 4 is 11.6 Å². The van der Waals surface area contributed by atoms with Crippen LogP contribution in [0.4, 0.5) is 0 Å². The van der Waals surface area contributed by atoms with Gasteiger partial charge in [-0.1, -0.05) is 0 Å². The minimum absolute atomic E-state index is 0.409. The number of hydrogen-bond donors (Lipinski definition) is 1. The van der Waals surface area contributed by atoms with Crippen LogP contribution in [0.2, 0.25) is 0 Å². The van der Waals surface area contributed by atoms with E-state index in [1.54, 1.807) is 0 Å². The van der Waals surface area contributed by atoms with E-state index in [1.165, 1.54) is 0 Å². The average molecular weight is 108 g/mol. The molecule has 1 N–H and O–H groups in total. The minimum Gasteiger partial charge on any atom is -0.300 e. The normalized spacial score (nSPS) is 32.5. The van der Waals surface area contributed by atoms with Crippen molar-refractivity contribution in [2.24, 2.45) is 0 Å². The fraction of sp³-hybridized carbons (Fsp3) is 1.00.